The Morgan fingerprint density at radius 2 is 1.86 bits per heavy atom. The van der Waals surface area contributed by atoms with Crippen LogP contribution in [0.5, 0.6) is 0 Å². The summed E-state index contributed by atoms with van der Waals surface area (Å²) in [6.45, 7) is 0.567. The number of aliphatic hydroxyl groups excluding tert-OH is 1. The van der Waals surface area contributed by atoms with Crippen molar-refractivity contribution >= 4 is 39.8 Å². The molecule has 37 heavy (non-hydrogen) atoms. The third-order valence-electron chi connectivity index (χ3n) is 6.03. The summed E-state index contributed by atoms with van der Waals surface area (Å²) in [5.41, 5.74) is -1.91. The van der Waals surface area contributed by atoms with Gasteiger partial charge in [-0.25, -0.2) is 0 Å². The highest BCUT2D eigenvalue weighted by Gasteiger charge is 2.38. The molecule has 0 unspecified atom stereocenters. The van der Waals surface area contributed by atoms with E-state index >= 15 is 0 Å². The molecule has 2 aromatic carbocycles. The third-order valence-corrected chi connectivity index (χ3v) is 6.81. The maximum absolute atomic E-state index is 13.5. The number of carbonyl (C=O) groups excluding carboxylic acids is 1. The van der Waals surface area contributed by atoms with Gasteiger partial charge in [-0.3, -0.25) is 9.48 Å². The minimum atomic E-state index is -4.97. The summed E-state index contributed by atoms with van der Waals surface area (Å²) >= 11 is 0.963. The van der Waals surface area contributed by atoms with Crippen molar-refractivity contribution in [2.45, 2.75) is 31.4 Å². The van der Waals surface area contributed by atoms with Gasteiger partial charge in [-0.1, -0.05) is 12.1 Å². The summed E-state index contributed by atoms with van der Waals surface area (Å²) in [4.78, 5) is 18.5. The van der Waals surface area contributed by atoms with Crippen LogP contribution in [0.1, 0.15) is 28.7 Å². The second-order valence-electron chi connectivity index (χ2n) is 8.71. The first-order chi connectivity index (χ1) is 17.4. The Morgan fingerprint density at radius 3 is 2.54 bits per heavy atom. The van der Waals surface area contributed by atoms with Gasteiger partial charge in [0.05, 0.1) is 34.2 Å². The number of fused-ring (bicyclic) bond motifs is 1. The van der Waals surface area contributed by atoms with Crippen LogP contribution in [0.4, 0.5) is 31.1 Å². The largest absolute Gasteiger partial charge is 0.416 e. The molecule has 1 saturated heterocycles. The molecule has 2 aliphatic rings. The molecule has 5 rings (SSSR count). The number of aliphatic hydroxyl groups is 1. The first-order valence-electron chi connectivity index (χ1n) is 11.1. The van der Waals surface area contributed by atoms with Gasteiger partial charge in [0, 0.05) is 24.7 Å². The van der Waals surface area contributed by atoms with Gasteiger partial charge in [0.25, 0.3) is 0 Å². The first-order valence-corrected chi connectivity index (χ1v) is 11.9. The number of β-amino-alcohol motifs (C(OH)–C–C–N with tert-alkyl or cyclic N) is 1. The number of thioether (sulfide) groups is 1. The smallest absolute Gasteiger partial charge is 0.391 e. The van der Waals surface area contributed by atoms with Gasteiger partial charge in [0.1, 0.15) is 5.84 Å². The second-order valence-corrected chi connectivity index (χ2v) is 9.71. The SMILES string of the molecule is O=C1N=C(N2CC[C@H](O)C2)/C(=C/c2ccc3nn(Cc4ccc(C(F)(F)F)cc4C(F)(F)F)cc3c2)S1. The van der Waals surface area contributed by atoms with Crippen LogP contribution in [0.3, 0.4) is 0 Å². The molecule has 13 heteroatoms. The first kappa shape index (κ1) is 25.3. The topological polar surface area (TPSA) is 70.7 Å². The highest BCUT2D eigenvalue weighted by Crippen LogP contribution is 2.38. The number of aromatic nitrogens is 2. The molecule has 0 spiro atoms. The lowest BCUT2D eigenvalue weighted by Gasteiger charge is -2.17. The van der Waals surface area contributed by atoms with E-state index in [2.05, 4.69) is 10.1 Å². The van der Waals surface area contributed by atoms with Crippen molar-refractivity contribution in [1.29, 1.82) is 0 Å². The van der Waals surface area contributed by atoms with Crippen molar-refractivity contribution in [3.63, 3.8) is 0 Å². The number of likely N-dealkylation sites (tertiary alicyclic amines) is 1. The molecule has 1 aromatic heterocycles. The predicted octanol–water partition coefficient (Wildman–Crippen LogP) is 5.80. The van der Waals surface area contributed by atoms with Crippen molar-refractivity contribution in [2.75, 3.05) is 13.1 Å². The van der Waals surface area contributed by atoms with E-state index < -0.39 is 29.6 Å². The lowest BCUT2D eigenvalue weighted by molar-refractivity contribution is -0.143. The summed E-state index contributed by atoms with van der Waals surface area (Å²) in [6, 6.07) is 6.68. The van der Waals surface area contributed by atoms with Crippen LogP contribution >= 0.6 is 11.8 Å². The summed E-state index contributed by atoms with van der Waals surface area (Å²) < 4.78 is 80.6. The molecule has 0 radical (unpaired) electrons. The van der Waals surface area contributed by atoms with E-state index in [1.165, 1.54) is 10.9 Å². The number of carbonyl (C=O) groups is 1. The highest BCUT2D eigenvalue weighted by atomic mass is 32.2. The predicted molar refractivity (Wildman–Crippen MR) is 126 cm³/mol. The fourth-order valence-electron chi connectivity index (χ4n) is 4.31. The van der Waals surface area contributed by atoms with Crippen molar-refractivity contribution in [1.82, 2.24) is 14.7 Å². The fourth-order valence-corrected chi connectivity index (χ4v) is 5.09. The Bertz CT molecular complexity index is 1440. The zero-order valence-electron chi connectivity index (χ0n) is 18.8. The maximum atomic E-state index is 13.5. The van der Waals surface area contributed by atoms with Crippen LogP contribution in [-0.2, 0) is 18.9 Å². The van der Waals surface area contributed by atoms with E-state index in [4.69, 9.17) is 0 Å². The molecule has 1 fully saturated rings. The number of nitrogens with zero attached hydrogens (tertiary/aromatic N) is 4. The van der Waals surface area contributed by atoms with Gasteiger partial charge in [-0.05, 0) is 59.7 Å². The summed E-state index contributed by atoms with van der Waals surface area (Å²) in [5.74, 6) is 0.490. The van der Waals surface area contributed by atoms with Crippen LogP contribution in [0.15, 0.2) is 52.5 Å². The summed E-state index contributed by atoms with van der Waals surface area (Å²) in [5, 5.41) is 14.3. The zero-order valence-corrected chi connectivity index (χ0v) is 19.7. The minimum Gasteiger partial charge on any atom is -0.391 e. The number of benzene rings is 2. The zero-order chi connectivity index (χ0) is 26.5. The molecule has 1 atom stereocenters. The van der Waals surface area contributed by atoms with E-state index in [0.717, 1.165) is 17.8 Å². The number of halogens is 6. The molecule has 2 aliphatic heterocycles. The van der Waals surface area contributed by atoms with Gasteiger partial charge < -0.3 is 10.0 Å². The van der Waals surface area contributed by atoms with E-state index in [1.807, 2.05) is 4.90 Å². The number of amidine groups is 1. The fraction of sp³-hybridized carbons (Fsp3) is 0.292. The van der Waals surface area contributed by atoms with Crippen LogP contribution in [-0.4, -0.2) is 50.1 Å². The van der Waals surface area contributed by atoms with Gasteiger partial charge in [0.2, 0.25) is 0 Å². The Hall–Kier alpha value is -3.32. The van der Waals surface area contributed by atoms with Crippen LogP contribution < -0.4 is 0 Å². The number of hydrogen-bond acceptors (Lipinski definition) is 5. The van der Waals surface area contributed by atoms with Crippen molar-refractivity contribution in [2.24, 2.45) is 4.99 Å². The molecule has 3 aromatic rings. The summed E-state index contributed by atoms with van der Waals surface area (Å²) in [6.07, 6.45) is -6.52. The number of amides is 1. The molecule has 3 heterocycles. The van der Waals surface area contributed by atoms with Gasteiger partial charge in [-0.15, -0.1) is 0 Å². The second kappa shape index (κ2) is 9.21. The molecule has 0 aliphatic carbocycles. The maximum Gasteiger partial charge on any atom is 0.416 e. The van der Waals surface area contributed by atoms with Crippen molar-refractivity contribution < 1.29 is 36.2 Å². The number of rotatable bonds is 3. The molecule has 0 saturated carbocycles. The summed E-state index contributed by atoms with van der Waals surface area (Å²) in [7, 11) is 0. The van der Waals surface area contributed by atoms with Gasteiger partial charge >= 0.3 is 17.6 Å². The van der Waals surface area contributed by atoms with Crippen LogP contribution in [0, 0.1) is 0 Å². The third kappa shape index (κ3) is 5.37. The van der Waals surface area contributed by atoms with E-state index in [1.54, 1.807) is 24.3 Å². The minimum absolute atomic E-state index is 0.113. The van der Waals surface area contributed by atoms with Gasteiger partial charge in [0.15, 0.2) is 0 Å². The highest BCUT2D eigenvalue weighted by molar-refractivity contribution is 8.18. The van der Waals surface area contributed by atoms with Crippen LogP contribution in [0.25, 0.3) is 17.0 Å². The average Bonchev–Trinajstić information content (AvgIpc) is 3.50. The lowest BCUT2D eigenvalue weighted by Crippen LogP contribution is -2.29. The van der Waals surface area contributed by atoms with E-state index in [0.29, 0.717) is 52.8 Å². The number of aliphatic imine (C=N–C) groups is 1. The number of hydrogen-bond donors (Lipinski definition) is 1. The molecular formula is C24H18F6N4O2S. The molecular weight excluding hydrogens is 522 g/mol. The Kier molecular flexibility index (Phi) is 6.31. The standard InChI is InChI=1S/C24H18F6N4O2S/c25-23(26,27)16-3-2-14(18(9-16)24(28,29)30)10-34-11-15-7-13(1-4-19(15)32-34)8-20-21(31-22(36)37-20)33-6-5-17(35)12-33/h1-4,7-9,11,17,35H,5-6,10,12H2/b20-8-/t17-/m0/s1. The Labute approximate surface area is 210 Å². The van der Waals surface area contributed by atoms with Crippen molar-refractivity contribution in [3.05, 3.63) is 69.8 Å². The molecule has 1 amide bonds. The average molecular weight is 540 g/mol. The Morgan fingerprint density at radius 1 is 1.08 bits per heavy atom. The monoisotopic (exact) mass is 540 g/mol. The number of alkyl halides is 6. The quantitative estimate of drug-likeness (QED) is 0.426. The molecule has 6 nitrogen and oxygen atoms in total. The van der Waals surface area contributed by atoms with E-state index in [-0.39, 0.29) is 23.4 Å². The molecule has 1 N–H and O–H groups in total. The normalized spacial score (nSPS) is 19.9. The van der Waals surface area contributed by atoms with Crippen molar-refractivity contribution in [3.8, 4) is 0 Å². The van der Waals surface area contributed by atoms with E-state index in [9.17, 15) is 36.2 Å². The molecule has 0 bridgehead atoms. The van der Waals surface area contributed by atoms with Crippen LogP contribution in [0.2, 0.25) is 0 Å². The molecule has 194 valence electrons. The van der Waals surface area contributed by atoms with Gasteiger partial charge in [-0.2, -0.15) is 36.4 Å². The Balaban J connectivity index is 1.42. The lowest BCUT2D eigenvalue weighted by atomic mass is 10.0.